The molecule has 0 atom stereocenters. The summed E-state index contributed by atoms with van der Waals surface area (Å²) in [6.45, 7) is 0.795. The highest BCUT2D eigenvalue weighted by atomic mass is 16.5. The highest BCUT2D eigenvalue weighted by molar-refractivity contribution is 5.55. The summed E-state index contributed by atoms with van der Waals surface area (Å²) >= 11 is 0. The highest BCUT2D eigenvalue weighted by Crippen LogP contribution is 2.39. The van der Waals surface area contributed by atoms with Crippen molar-refractivity contribution in [1.82, 2.24) is 4.90 Å². The first-order valence-corrected chi connectivity index (χ1v) is 5.06. The van der Waals surface area contributed by atoms with E-state index in [1.807, 2.05) is 26.2 Å². The number of nitrogens with zero attached hydrogens (tertiary/aromatic N) is 1. The topological polar surface area (TPSA) is 30.9 Å². The molecular weight excluding hydrogens is 206 g/mol. The Morgan fingerprint density at radius 3 is 2.00 bits per heavy atom. The lowest BCUT2D eigenvalue weighted by atomic mass is 10.1. The van der Waals surface area contributed by atoms with E-state index in [0.29, 0.717) is 11.5 Å². The zero-order valence-corrected chi connectivity index (χ0v) is 10.5. The Bertz CT molecular complexity index is 350. The molecule has 0 saturated heterocycles. The zero-order chi connectivity index (χ0) is 12.1. The van der Waals surface area contributed by atoms with Crippen LogP contribution in [0, 0.1) is 0 Å². The Morgan fingerprint density at radius 1 is 0.938 bits per heavy atom. The van der Waals surface area contributed by atoms with E-state index in [2.05, 4.69) is 4.90 Å². The van der Waals surface area contributed by atoms with Gasteiger partial charge in [0.15, 0.2) is 11.5 Å². The minimum Gasteiger partial charge on any atom is -0.493 e. The maximum Gasteiger partial charge on any atom is 0.203 e. The van der Waals surface area contributed by atoms with Crippen molar-refractivity contribution in [2.45, 2.75) is 6.54 Å². The third kappa shape index (κ3) is 2.58. The highest BCUT2D eigenvalue weighted by Gasteiger charge is 2.15. The molecule has 0 radical (unpaired) electrons. The predicted octanol–water partition coefficient (Wildman–Crippen LogP) is 1.77. The van der Waals surface area contributed by atoms with Crippen molar-refractivity contribution in [1.29, 1.82) is 0 Å². The quantitative estimate of drug-likeness (QED) is 0.764. The van der Waals surface area contributed by atoms with Crippen molar-refractivity contribution in [3.05, 3.63) is 17.7 Å². The van der Waals surface area contributed by atoms with E-state index in [0.717, 1.165) is 17.9 Å². The van der Waals surface area contributed by atoms with Gasteiger partial charge in [-0.1, -0.05) is 6.07 Å². The van der Waals surface area contributed by atoms with Gasteiger partial charge in [-0.05, 0) is 20.2 Å². The Hall–Kier alpha value is -1.42. The second-order valence-electron chi connectivity index (χ2n) is 3.73. The van der Waals surface area contributed by atoms with Crippen LogP contribution in [0.1, 0.15) is 5.56 Å². The molecule has 16 heavy (non-hydrogen) atoms. The second kappa shape index (κ2) is 5.61. The molecule has 1 aromatic rings. The van der Waals surface area contributed by atoms with Crippen molar-refractivity contribution in [3.8, 4) is 17.2 Å². The third-order valence-corrected chi connectivity index (χ3v) is 2.27. The lowest BCUT2D eigenvalue weighted by Crippen LogP contribution is -2.12. The number of rotatable bonds is 5. The first kappa shape index (κ1) is 12.6. The Kier molecular flexibility index (Phi) is 4.43. The van der Waals surface area contributed by atoms with E-state index in [1.54, 1.807) is 21.3 Å². The first-order valence-electron chi connectivity index (χ1n) is 5.06. The lowest BCUT2D eigenvalue weighted by molar-refractivity contribution is 0.315. The third-order valence-electron chi connectivity index (χ3n) is 2.27. The summed E-state index contributed by atoms with van der Waals surface area (Å²) in [6, 6.07) is 3.88. The van der Waals surface area contributed by atoms with Crippen molar-refractivity contribution < 1.29 is 14.2 Å². The standard InChI is InChI=1S/C12H19NO3/c1-13(2)8-9-6-7-10(14-3)12(16-5)11(9)15-4/h6-7H,8H2,1-5H3. The van der Waals surface area contributed by atoms with Crippen LogP contribution in [0.15, 0.2) is 12.1 Å². The van der Waals surface area contributed by atoms with Gasteiger partial charge in [-0.2, -0.15) is 0 Å². The molecule has 0 fully saturated rings. The van der Waals surface area contributed by atoms with Gasteiger partial charge >= 0.3 is 0 Å². The maximum absolute atomic E-state index is 5.38. The van der Waals surface area contributed by atoms with Crippen molar-refractivity contribution in [3.63, 3.8) is 0 Å². The second-order valence-corrected chi connectivity index (χ2v) is 3.73. The number of methoxy groups -OCH3 is 3. The lowest BCUT2D eigenvalue weighted by Gasteiger charge is -2.17. The van der Waals surface area contributed by atoms with Gasteiger partial charge in [0.05, 0.1) is 21.3 Å². The average molecular weight is 225 g/mol. The van der Waals surface area contributed by atoms with Gasteiger partial charge in [-0.3, -0.25) is 0 Å². The smallest absolute Gasteiger partial charge is 0.203 e. The minimum atomic E-state index is 0.643. The summed E-state index contributed by atoms with van der Waals surface area (Å²) in [5.41, 5.74) is 1.07. The van der Waals surface area contributed by atoms with E-state index in [4.69, 9.17) is 14.2 Å². The summed E-state index contributed by atoms with van der Waals surface area (Å²) in [7, 11) is 8.88. The molecule has 1 aromatic carbocycles. The number of hydrogen-bond donors (Lipinski definition) is 0. The predicted molar refractivity (Wildman–Crippen MR) is 63.5 cm³/mol. The molecule has 4 heteroatoms. The fourth-order valence-electron chi connectivity index (χ4n) is 1.63. The Balaban J connectivity index is 3.20. The van der Waals surface area contributed by atoms with Crippen LogP contribution in [-0.4, -0.2) is 40.3 Å². The molecule has 0 spiro atoms. The molecule has 0 N–H and O–H groups in total. The molecule has 0 aliphatic heterocycles. The van der Waals surface area contributed by atoms with Gasteiger partial charge in [-0.15, -0.1) is 0 Å². The summed E-state index contributed by atoms with van der Waals surface area (Å²) in [5, 5.41) is 0. The molecule has 0 aliphatic rings. The fraction of sp³-hybridized carbons (Fsp3) is 0.500. The summed E-state index contributed by atoms with van der Waals surface area (Å²) in [4.78, 5) is 2.07. The van der Waals surface area contributed by atoms with Crippen LogP contribution in [-0.2, 0) is 6.54 Å². The van der Waals surface area contributed by atoms with Gasteiger partial charge in [0.25, 0.3) is 0 Å². The van der Waals surface area contributed by atoms with Crippen molar-refractivity contribution in [2.75, 3.05) is 35.4 Å². The molecule has 0 aliphatic carbocycles. The van der Waals surface area contributed by atoms with Gasteiger partial charge in [0, 0.05) is 12.1 Å². The van der Waals surface area contributed by atoms with Crippen molar-refractivity contribution >= 4 is 0 Å². The summed E-state index contributed by atoms with van der Waals surface area (Å²) < 4.78 is 15.9. The maximum atomic E-state index is 5.38. The SMILES string of the molecule is COc1ccc(CN(C)C)c(OC)c1OC. The fourth-order valence-corrected chi connectivity index (χ4v) is 1.63. The number of benzene rings is 1. The van der Waals surface area contributed by atoms with Gasteiger partial charge < -0.3 is 19.1 Å². The molecule has 0 amide bonds. The van der Waals surface area contributed by atoms with Crippen LogP contribution in [0.25, 0.3) is 0 Å². The van der Waals surface area contributed by atoms with Gasteiger partial charge in [-0.25, -0.2) is 0 Å². The molecule has 0 heterocycles. The van der Waals surface area contributed by atoms with E-state index < -0.39 is 0 Å². The van der Waals surface area contributed by atoms with Crippen LogP contribution >= 0.6 is 0 Å². The molecule has 0 saturated carbocycles. The van der Waals surface area contributed by atoms with E-state index in [1.165, 1.54) is 0 Å². The van der Waals surface area contributed by atoms with E-state index >= 15 is 0 Å². The molecule has 4 nitrogen and oxygen atoms in total. The largest absolute Gasteiger partial charge is 0.493 e. The van der Waals surface area contributed by atoms with Crippen molar-refractivity contribution in [2.24, 2.45) is 0 Å². The van der Waals surface area contributed by atoms with E-state index in [-0.39, 0.29) is 0 Å². The molecule has 0 aromatic heterocycles. The number of hydrogen-bond acceptors (Lipinski definition) is 4. The minimum absolute atomic E-state index is 0.643. The molecule has 1 rings (SSSR count). The molecule has 90 valence electrons. The molecule has 0 unspecified atom stereocenters. The van der Waals surface area contributed by atoms with Crippen LogP contribution in [0.2, 0.25) is 0 Å². The Morgan fingerprint density at radius 2 is 1.56 bits per heavy atom. The summed E-state index contributed by atoms with van der Waals surface area (Å²) in [5.74, 6) is 2.06. The zero-order valence-electron chi connectivity index (χ0n) is 10.5. The normalized spacial score (nSPS) is 10.4. The van der Waals surface area contributed by atoms with Crippen LogP contribution in [0.3, 0.4) is 0 Å². The Labute approximate surface area is 96.7 Å². The van der Waals surface area contributed by atoms with Crippen LogP contribution in [0.5, 0.6) is 17.2 Å². The average Bonchev–Trinajstić information content (AvgIpc) is 2.27. The van der Waals surface area contributed by atoms with Crippen LogP contribution < -0.4 is 14.2 Å². The monoisotopic (exact) mass is 225 g/mol. The van der Waals surface area contributed by atoms with Gasteiger partial charge in [0.1, 0.15) is 0 Å². The van der Waals surface area contributed by atoms with Crippen LogP contribution in [0.4, 0.5) is 0 Å². The first-order chi connectivity index (χ1) is 7.63. The molecular formula is C12H19NO3. The molecule has 0 bridgehead atoms. The van der Waals surface area contributed by atoms with Gasteiger partial charge in [0.2, 0.25) is 5.75 Å². The number of ether oxygens (including phenoxy) is 3. The van der Waals surface area contributed by atoms with E-state index in [9.17, 15) is 0 Å². The summed E-state index contributed by atoms with van der Waals surface area (Å²) in [6.07, 6.45) is 0.